The second-order valence-corrected chi connectivity index (χ2v) is 3.38. The van der Waals surface area contributed by atoms with Crippen LogP contribution in [0.15, 0.2) is 24.4 Å². The van der Waals surface area contributed by atoms with Crippen LogP contribution in [0.4, 0.5) is 5.82 Å². The summed E-state index contributed by atoms with van der Waals surface area (Å²) in [7, 11) is 1.65. The van der Waals surface area contributed by atoms with E-state index in [1.54, 1.807) is 13.3 Å². The molecular weight excluding hydrogens is 190 g/mol. The number of aromatic amines is 1. The maximum absolute atomic E-state index is 5.76. The number of H-pyrrole nitrogens is 1. The van der Waals surface area contributed by atoms with Crippen molar-refractivity contribution in [1.29, 1.82) is 0 Å². The van der Waals surface area contributed by atoms with Crippen LogP contribution in [0.25, 0.3) is 11.1 Å². The van der Waals surface area contributed by atoms with E-state index in [4.69, 9.17) is 10.5 Å². The van der Waals surface area contributed by atoms with Crippen LogP contribution in [0.3, 0.4) is 0 Å². The van der Waals surface area contributed by atoms with Gasteiger partial charge in [-0.15, -0.1) is 0 Å². The Morgan fingerprint density at radius 3 is 2.67 bits per heavy atom. The molecule has 0 bridgehead atoms. The minimum absolute atomic E-state index is 0.586. The van der Waals surface area contributed by atoms with Gasteiger partial charge < -0.3 is 10.5 Å². The lowest BCUT2D eigenvalue weighted by atomic mass is 10.0. The highest BCUT2D eigenvalue weighted by Gasteiger charge is 2.07. The van der Waals surface area contributed by atoms with E-state index in [-0.39, 0.29) is 0 Å². The van der Waals surface area contributed by atoms with Crippen molar-refractivity contribution < 1.29 is 4.74 Å². The monoisotopic (exact) mass is 203 g/mol. The third kappa shape index (κ3) is 1.66. The van der Waals surface area contributed by atoms with Crippen LogP contribution in [-0.2, 0) is 0 Å². The van der Waals surface area contributed by atoms with Gasteiger partial charge in [0, 0.05) is 5.56 Å². The van der Waals surface area contributed by atoms with Crippen molar-refractivity contribution in [2.45, 2.75) is 6.92 Å². The summed E-state index contributed by atoms with van der Waals surface area (Å²) in [6, 6.07) is 5.87. The predicted octanol–water partition coefficient (Wildman–Crippen LogP) is 1.98. The minimum Gasteiger partial charge on any atom is -0.497 e. The summed E-state index contributed by atoms with van der Waals surface area (Å²) in [5.41, 5.74) is 8.87. The molecule has 0 amide bonds. The molecule has 0 radical (unpaired) electrons. The highest BCUT2D eigenvalue weighted by atomic mass is 16.5. The van der Waals surface area contributed by atoms with Crippen LogP contribution in [0, 0.1) is 6.92 Å². The largest absolute Gasteiger partial charge is 0.497 e. The molecule has 0 unspecified atom stereocenters. The predicted molar refractivity (Wildman–Crippen MR) is 59.7 cm³/mol. The Bertz CT molecular complexity index is 476. The van der Waals surface area contributed by atoms with E-state index in [0.29, 0.717) is 5.82 Å². The molecule has 1 heterocycles. The molecule has 0 atom stereocenters. The van der Waals surface area contributed by atoms with E-state index in [1.165, 1.54) is 0 Å². The van der Waals surface area contributed by atoms with Crippen molar-refractivity contribution >= 4 is 5.82 Å². The topological polar surface area (TPSA) is 63.9 Å². The summed E-state index contributed by atoms with van der Waals surface area (Å²) in [5, 5.41) is 6.62. The number of hydrogen-bond donors (Lipinski definition) is 2. The Morgan fingerprint density at radius 2 is 2.13 bits per heavy atom. The van der Waals surface area contributed by atoms with Crippen LogP contribution >= 0.6 is 0 Å². The van der Waals surface area contributed by atoms with E-state index in [0.717, 1.165) is 22.4 Å². The number of nitrogens with two attached hydrogens (primary N) is 1. The van der Waals surface area contributed by atoms with Gasteiger partial charge in [0.25, 0.3) is 0 Å². The van der Waals surface area contributed by atoms with E-state index in [2.05, 4.69) is 10.2 Å². The second kappa shape index (κ2) is 3.65. The molecule has 0 aliphatic carbocycles. The van der Waals surface area contributed by atoms with Crippen molar-refractivity contribution in [1.82, 2.24) is 10.2 Å². The van der Waals surface area contributed by atoms with Gasteiger partial charge in [0.1, 0.15) is 11.6 Å². The molecule has 0 saturated heterocycles. The fourth-order valence-corrected chi connectivity index (χ4v) is 1.58. The van der Waals surface area contributed by atoms with E-state index >= 15 is 0 Å². The number of nitrogens with one attached hydrogen (secondary N) is 1. The number of aromatic nitrogens is 2. The molecule has 2 aromatic rings. The third-order valence-corrected chi connectivity index (χ3v) is 2.39. The first-order valence-corrected chi connectivity index (χ1v) is 4.66. The van der Waals surface area contributed by atoms with Crippen molar-refractivity contribution in [3.63, 3.8) is 0 Å². The van der Waals surface area contributed by atoms with Gasteiger partial charge in [-0.05, 0) is 30.2 Å². The van der Waals surface area contributed by atoms with Crippen molar-refractivity contribution in [2.75, 3.05) is 12.8 Å². The molecule has 4 nitrogen and oxygen atoms in total. The second-order valence-electron chi connectivity index (χ2n) is 3.38. The van der Waals surface area contributed by atoms with Gasteiger partial charge >= 0.3 is 0 Å². The van der Waals surface area contributed by atoms with Crippen LogP contribution < -0.4 is 10.5 Å². The zero-order valence-electron chi connectivity index (χ0n) is 8.74. The smallest absolute Gasteiger partial charge is 0.126 e. The SMILES string of the molecule is COc1ccc(-c2cn[nH]c2N)c(C)c1. The lowest BCUT2D eigenvalue weighted by molar-refractivity contribution is 0.414. The Hall–Kier alpha value is -1.97. The molecule has 15 heavy (non-hydrogen) atoms. The number of rotatable bonds is 2. The van der Waals surface area contributed by atoms with Gasteiger partial charge in [0.05, 0.1) is 13.3 Å². The summed E-state index contributed by atoms with van der Waals surface area (Å²) in [6.45, 7) is 2.02. The van der Waals surface area contributed by atoms with Crippen LogP contribution in [0.1, 0.15) is 5.56 Å². The molecule has 78 valence electrons. The van der Waals surface area contributed by atoms with Gasteiger partial charge in [-0.3, -0.25) is 5.10 Å². The summed E-state index contributed by atoms with van der Waals surface area (Å²) in [5.74, 6) is 1.43. The molecule has 0 spiro atoms. The third-order valence-electron chi connectivity index (χ3n) is 2.39. The summed E-state index contributed by atoms with van der Waals surface area (Å²) in [4.78, 5) is 0. The standard InChI is InChI=1S/C11H13N3O/c1-7-5-8(15-2)3-4-9(7)10-6-13-14-11(10)12/h3-6H,1-2H3,(H3,12,13,14). The van der Waals surface area contributed by atoms with Crippen LogP contribution in [0.2, 0.25) is 0 Å². The Kier molecular flexibility index (Phi) is 2.33. The normalized spacial score (nSPS) is 10.3. The zero-order chi connectivity index (χ0) is 10.8. The van der Waals surface area contributed by atoms with Crippen molar-refractivity contribution in [3.05, 3.63) is 30.0 Å². The number of aryl methyl sites for hydroxylation is 1. The van der Waals surface area contributed by atoms with Gasteiger partial charge in [-0.2, -0.15) is 5.10 Å². The number of benzene rings is 1. The first-order chi connectivity index (χ1) is 7.22. The molecule has 0 saturated carbocycles. The average molecular weight is 203 g/mol. The lowest BCUT2D eigenvalue weighted by Crippen LogP contribution is -1.90. The van der Waals surface area contributed by atoms with E-state index in [9.17, 15) is 0 Å². The number of nitrogen functional groups attached to an aromatic ring is 1. The summed E-state index contributed by atoms with van der Waals surface area (Å²) < 4.78 is 5.14. The molecule has 3 N–H and O–H groups in total. The molecule has 0 aliphatic heterocycles. The number of methoxy groups -OCH3 is 1. The number of nitrogens with zero attached hydrogens (tertiary/aromatic N) is 1. The first-order valence-electron chi connectivity index (χ1n) is 4.66. The number of ether oxygens (including phenoxy) is 1. The maximum Gasteiger partial charge on any atom is 0.126 e. The quantitative estimate of drug-likeness (QED) is 0.784. The molecule has 4 heteroatoms. The highest BCUT2D eigenvalue weighted by molar-refractivity contribution is 5.76. The van der Waals surface area contributed by atoms with E-state index in [1.807, 2.05) is 25.1 Å². The average Bonchev–Trinajstić information content (AvgIpc) is 2.64. The summed E-state index contributed by atoms with van der Waals surface area (Å²) >= 11 is 0. The fraction of sp³-hybridized carbons (Fsp3) is 0.182. The molecule has 0 fully saturated rings. The molecule has 2 rings (SSSR count). The fourth-order valence-electron chi connectivity index (χ4n) is 1.58. The highest BCUT2D eigenvalue weighted by Crippen LogP contribution is 2.29. The Labute approximate surface area is 88.1 Å². The zero-order valence-corrected chi connectivity index (χ0v) is 8.74. The van der Waals surface area contributed by atoms with Gasteiger partial charge in [-0.1, -0.05) is 6.07 Å². The minimum atomic E-state index is 0.586. The molecule has 0 aliphatic rings. The van der Waals surface area contributed by atoms with Crippen molar-refractivity contribution in [2.24, 2.45) is 0 Å². The number of hydrogen-bond acceptors (Lipinski definition) is 3. The maximum atomic E-state index is 5.76. The van der Waals surface area contributed by atoms with E-state index < -0.39 is 0 Å². The lowest BCUT2D eigenvalue weighted by Gasteiger charge is -2.06. The summed E-state index contributed by atoms with van der Waals surface area (Å²) in [6.07, 6.45) is 1.73. The first kappa shape index (κ1) is 9.58. The van der Waals surface area contributed by atoms with Crippen LogP contribution in [-0.4, -0.2) is 17.3 Å². The molecule has 1 aromatic heterocycles. The van der Waals surface area contributed by atoms with Gasteiger partial charge in [0.2, 0.25) is 0 Å². The van der Waals surface area contributed by atoms with Gasteiger partial charge in [-0.25, -0.2) is 0 Å². The molecular formula is C11H13N3O. The van der Waals surface area contributed by atoms with Crippen LogP contribution in [0.5, 0.6) is 5.75 Å². The Balaban J connectivity index is 2.50. The number of anilines is 1. The van der Waals surface area contributed by atoms with Gasteiger partial charge in [0.15, 0.2) is 0 Å². The van der Waals surface area contributed by atoms with Crippen molar-refractivity contribution in [3.8, 4) is 16.9 Å². The Morgan fingerprint density at radius 1 is 1.33 bits per heavy atom. The molecule has 1 aromatic carbocycles.